The van der Waals surface area contributed by atoms with Gasteiger partial charge in [-0.2, -0.15) is 5.10 Å². The van der Waals surface area contributed by atoms with E-state index in [1.807, 2.05) is 6.20 Å². The van der Waals surface area contributed by atoms with Gasteiger partial charge in [0.2, 0.25) is 0 Å². The number of halogens is 3. The van der Waals surface area contributed by atoms with Gasteiger partial charge in [0.05, 0.1) is 6.20 Å². The smallest absolute Gasteiger partial charge is 0.192 e. The van der Waals surface area contributed by atoms with Gasteiger partial charge < -0.3 is 9.30 Å². The van der Waals surface area contributed by atoms with Gasteiger partial charge in [-0.25, -0.2) is 13.2 Å². The van der Waals surface area contributed by atoms with E-state index in [1.54, 1.807) is 13.8 Å². The molecule has 0 radical (unpaired) electrons. The summed E-state index contributed by atoms with van der Waals surface area (Å²) in [5.41, 5.74) is 1.18. The zero-order valence-electron chi connectivity index (χ0n) is 16.8. The summed E-state index contributed by atoms with van der Waals surface area (Å²) in [7, 11) is 0. The van der Waals surface area contributed by atoms with Gasteiger partial charge in [-0.05, 0) is 51.5 Å². The Balaban J connectivity index is 1.49. The number of rotatable bonds is 5. The molecular weight excluding hydrogens is 395 g/mol. The van der Waals surface area contributed by atoms with Crippen LogP contribution in [0.25, 0.3) is 0 Å². The molecule has 9 heteroatoms. The number of aromatic amines is 1. The molecule has 1 aromatic carbocycles. The number of fused-ring (bicyclic) bond motifs is 1. The number of benzene rings is 1. The summed E-state index contributed by atoms with van der Waals surface area (Å²) in [5.74, 6) is -2.20. The molecule has 0 saturated heterocycles. The SMILES string of the molecule is CC(C)(Oc1c(F)cc(F)cc1F)c1nnc(C2CCc3[nH]ncc3C2)n1C1CC1. The highest BCUT2D eigenvalue weighted by molar-refractivity contribution is 5.29. The van der Waals surface area contributed by atoms with Crippen molar-refractivity contribution >= 4 is 0 Å². The van der Waals surface area contributed by atoms with E-state index in [2.05, 4.69) is 25.0 Å². The van der Waals surface area contributed by atoms with E-state index in [1.165, 1.54) is 5.56 Å². The highest BCUT2D eigenvalue weighted by Crippen LogP contribution is 2.43. The number of aromatic nitrogens is 5. The van der Waals surface area contributed by atoms with Crippen molar-refractivity contribution in [3.8, 4) is 5.75 Å². The average molecular weight is 417 g/mol. The second-order valence-corrected chi connectivity index (χ2v) is 8.61. The summed E-state index contributed by atoms with van der Waals surface area (Å²) in [6.45, 7) is 3.38. The number of H-pyrrole nitrogens is 1. The molecule has 1 saturated carbocycles. The predicted octanol–water partition coefficient (Wildman–Crippen LogP) is 4.34. The molecule has 2 aliphatic carbocycles. The molecule has 158 valence electrons. The molecule has 30 heavy (non-hydrogen) atoms. The van der Waals surface area contributed by atoms with Crippen molar-refractivity contribution in [1.29, 1.82) is 0 Å². The molecule has 1 N–H and O–H groups in total. The van der Waals surface area contributed by atoms with Crippen LogP contribution in [0.3, 0.4) is 0 Å². The third-order valence-electron chi connectivity index (χ3n) is 5.87. The van der Waals surface area contributed by atoms with Crippen molar-refractivity contribution in [1.82, 2.24) is 25.0 Å². The van der Waals surface area contributed by atoms with Crippen LogP contribution in [0.4, 0.5) is 13.2 Å². The molecule has 3 aromatic rings. The Kier molecular flexibility index (Phi) is 4.37. The number of nitrogens with one attached hydrogen (secondary N) is 1. The van der Waals surface area contributed by atoms with Crippen LogP contribution < -0.4 is 4.74 Å². The molecular formula is C21H22F3N5O. The highest BCUT2D eigenvalue weighted by atomic mass is 19.1. The Bertz CT molecular complexity index is 1080. The maximum Gasteiger partial charge on any atom is 0.192 e. The van der Waals surface area contributed by atoms with Crippen LogP contribution in [0, 0.1) is 17.5 Å². The normalized spacial score (nSPS) is 19.0. The van der Waals surface area contributed by atoms with Crippen molar-refractivity contribution in [3.63, 3.8) is 0 Å². The first-order valence-corrected chi connectivity index (χ1v) is 10.1. The fraction of sp³-hybridized carbons (Fsp3) is 0.476. The molecule has 6 nitrogen and oxygen atoms in total. The maximum absolute atomic E-state index is 14.2. The third-order valence-corrected chi connectivity index (χ3v) is 5.87. The van der Waals surface area contributed by atoms with E-state index in [4.69, 9.17) is 4.74 Å². The van der Waals surface area contributed by atoms with Crippen molar-refractivity contribution < 1.29 is 17.9 Å². The first-order chi connectivity index (χ1) is 14.3. The Labute approximate surface area is 171 Å². The lowest BCUT2D eigenvalue weighted by Crippen LogP contribution is -2.31. The molecule has 1 atom stereocenters. The Morgan fingerprint density at radius 2 is 1.83 bits per heavy atom. The van der Waals surface area contributed by atoms with Crippen LogP contribution in [0.2, 0.25) is 0 Å². The molecule has 0 amide bonds. The molecule has 1 unspecified atom stereocenters. The van der Waals surface area contributed by atoms with Gasteiger partial charge in [-0.1, -0.05) is 0 Å². The lowest BCUT2D eigenvalue weighted by Gasteiger charge is -2.28. The third kappa shape index (κ3) is 3.26. The molecule has 2 heterocycles. The number of nitrogens with zero attached hydrogens (tertiary/aromatic N) is 4. The molecule has 0 spiro atoms. The summed E-state index contributed by atoms with van der Waals surface area (Å²) in [5, 5.41) is 16.0. The lowest BCUT2D eigenvalue weighted by molar-refractivity contribution is 0.0817. The van der Waals surface area contributed by atoms with Crippen molar-refractivity contribution in [2.75, 3.05) is 0 Å². The first-order valence-electron chi connectivity index (χ1n) is 10.1. The van der Waals surface area contributed by atoms with E-state index in [9.17, 15) is 13.2 Å². The van der Waals surface area contributed by atoms with Crippen LogP contribution >= 0.6 is 0 Å². The fourth-order valence-corrected chi connectivity index (χ4v) is 4.25. The summed E-state index contributed by atoms with van der Waals surface area (Å²) in [6, 6.07) is 1.47. The van der Waals surface area contributed by atoms with Crippen molar-refractivity contribution in [2.24, 2.45) is 0 Å². The summed E-state index contributed by atoms with van der Waals surface area (Å²) >= 11 is 0. The van der Waals surface area contributed by atoms with Crippen molar-refractivity contribution in [3.05, 3.63) is 58.7 Å². The van der Waals surface area contributed by atoms with Gasteiger partial charge >= 0.3 is 0 Å². The van der Waals surface area contributed by atoms with Gasteiger partial charge in [0.1, 0.15) is 11.6 Å². The van der Waals surface area contributed by atoms with E-state index in [-0.39, 0.29) is 12.0 Å². The summed E-state index contributed by atoms with van der Waals surface area (Å²) in [6.07, 6.45) is 6.47. The van der Waals surface area contributed by atoms with E-state index in [0.717, 1.165) is 43.6 Å². The number of ether oxygens (including phenoxy) is 1. The van der Waals surface area contributed by atoms with Crippen LogP contribution in [0.15, 0.2) is 18.3 Å². The minimum Gasteiger partial charge on any atom is -0.474 e. The zero-order valence-corrected chi connectivity index (χ0v) is 16.8. The van der Waals surface area contributed by atoms with Gasteiger partial charge in [-0.15, -0.1) is 10.2 Å². The topological polar surface area (TPSA) is 68.6 Å². The lowest BCUT2D eigenvalue weighted by atomic mass is 9.87. The Morgan fingerprint density at radius 3 is 2.53 bits per heavy atom. The van der Waals surface area contributed by atoms with Gasteiger partial charge in [0, 0.05) is 29.8 Å². The zero-order chi connectivity index (χ0) is 21.0. The molecule has 2 aromatic heterocycles. The second-order valence-electron chi connectivity index (χ2n) is 8.61. The first kappa shape index (κ1) is 19.1. The van der Waals surface area contributed by atoms with E-state index in [0.29, 0.717) is 18.0 Å². The molecule has 0 bridgehead atoms. The largest absolute Gasteiger partial charge is 0.474 e. The van der Waals surface area contributed by atoms with E-state index < -0.39 is 28.8 Å². The fourth-order valence-electron chi connectivity index (χ4n) is 4.25. The van der Waals surface area contributed by atoms with Crippen LogP contribution in [-0.4, -0.2) is 25.0 Å². The average Bonchev–Trinajstić information content (AvgIpc) is 3.24. The van der Waals surface area contributed by atoms with Gasteiger partial charge in [0.25, 0.3) is 0 Å². The van der Waals surface area contributed by atoms with Crippen LogP contribution in [-0.2, 0) is 18.4 Å². The molecule has 2 aliphatic rings. The van der Waals surface area contributed by atoms with Crippen molar-refractivity contribution in [2.45, 2.75) is 63.5 Å². The van der Waals surface area contributed by atoms with Gasteiger partial charge in [0.15, 0.2) is 28.8 Å². The molecule has 0 aliphatic heterocycles. The molecule has 1 fully saturated rings. The number of hydrogen-bond donors (Lipinski definition) is 1. The predicted molar refractivity (Wildman–Crippen MR) is 102 cm³/mol. The van der Waals surface area contributed by atoms with Gasteiger partial charge in [-0.3, -0.25) is 5.10 Å². The summed E-state index contributed by atoms with van der Waals surface area (Å²) < 4.78 is 49.4. The maximum atomic E-state index is 14.2. The number of hydrogen-bond acceptors (Lipinski definition) is 4. The number of aryl methyl sites for hydroxylation is 1. The van der Waals surface area contributed by atoms with Crippen LogP contribution in [0.1, 0.15) is 68.0 Å². The Morgan fingerprint density at radius 1 is 1.10 bits per heavy atom. The van der Waals surface area contributed by atoms with Crippen LogP contribution in [0.5, 0.6) is 5.75 Å². The standard InChI is InChI=1S/C21H22F3N5O/c1-21(2,30-18-15(23)8-13(22)9-16(18)24)20-28-27-19(29(20)14-4-5-14)11-3-6-17-12(7-11)10-25-26-17/h8-11,14H,3-7H2,1-2H3,(H,25,26). The quantitative estimate of drug-likeness (QED) is 0.671. The minimum atomic E-state index is -1.16. The second kappa shape index (κ2) is 6.85. The highest BCUT2D eigenvalue weighted by Gasteiger charge is 2.40. The molecule has 5 rings (SSSR count). The van der Waals surface area contributed by atoms with E-state index >= 15 is 0 Å². The minimum absolute atomic E-state index is 0.187. The monoisotopic (exact) mass is 417 g/mol. The Hall–Kier alpha value is -2.84. The summed E-state index contributed by atoms with van der Waals surface area (Å²) in [4.78, 5) is 0.